The Morgan fingerprint density at radius 1 is 1.13 bits per heavy atom. The van der Waals surface area contributed by atoms with E-state index in [2.05, 4.69) is 5.32 Å². The number of furan rings is 1. The van der Waals surface area contributed by atoms with Crippen molar-refractivity contribution in [2.75, 3.05) is 19.5 Å². The zero-order valence-electron chi connectivity index (χ0n) is 17.1. The Morgan fingerprint density at radius 3 is 2.70 bits per heavy atom. The van der Waals surface area contributed by atoms with Crippen molar-refractivity contribution in [1.82, 2.24) is 14.8 Å². The lowest BCUT2D eigenvalue weighted by atomic mass is 9.88. The second kappa shape index (κ2) is 7.05. The van der Waals surface area contributed by atoms with Gasteiger partial charge in [0.1, 0.15) is 17.6 Å². The number of fused-ring (bicyclic) bond motifs is 1. The maximum Gasteiger partial charge on any atom is 0.227 e. The van der Waals surface area contributed by atoms with Crippen LogP contribution in [0.4, 0.5) is 5.95 Å². The largest absolute Gasteiger partial charge is 0.493 e. The molecule has 1 aliphatic carbocycles. The Labute approximate surface area is 173 Å². The van der Waals surface area contributed by atoms with E-state index in [1.165, 1.54) is 0 Å². The van der Waals surface area contributed by atoms with Crippen molar-refractivity contribution >= 4 is 11.7 Å². The van der Waals surface area contributed by atoms with Crippen molar-refractivity contribution in [2.24, 2.45) is 0 Å². The SMILES string of the molecule is COc1ccc(-c2nc3n(n2)C(c2ccc(C)o2)C2=C(CCCC2=O)N3)cc1OC. The molecule has 3 heterocycles. The molecule has 0 radical (unpaired) electrons. The van der Waals surface area contributed by atoms with E-state index in [1.54, 1.807) is 18.9 Å². The van der Waals surface area contributed by atoms with Gasteiger partial charge >= 0.3 is 0 Å². The zero-order valence-corrected chi connectivity index (χ0v) is 17.1. The molecule has 30 heavy (non-hydrogen) atoms. The molecule has 1 aromatic carbocycles. The minimum Gasteiger partial charge on any atom is -0.493 e. The molecule has 1 aliphatic heterocycles. The third-order valence-electron chi connectivity index (χ3n) is 5.54. The summed E-state index contributed by atoms with van der Waals surface area (Å²) in [6, 6.07) is 8.91. The highest BCUT2D eigenvalue weighted by atomic mass is 16.5. The van der Waals surface area contributed by atoms with Crippen LogP contribution in [0.3, 0.4) is 0 Å². The van der Waals surface area contributed by atoms with Gasteiger partial charge in [0.15, 0.2) is 23.1 Å². The summed E-state index contributed by atoms with van der Waals surface area (Å²) in [5.74, 6) is 3.94. The number of ketones is 1. The van der Waals surface area contributed by atoms with Crippen LogP contribution in [-0.2, 0) is 4.79 Å². The van der Waals surface area contributed by atoms with Gasteiger partial charge < -0.3 is 19.2 Å². The van der Waals surface area contributed by atoms with Gasteiger partial charge in [0.05, 0.1) is 14.2 Å². The van der Waals surface area contributed by atoms with Crippen LogP contribution in [0.1, 0.15) is 36.8 Å². The number of allylic oxidation sites excluding steroid dienone is 2. The number of rotatable bonds is 4. The molecule has 0 saturated heterocycles. The van der Waals surface area contributed by atoms with E-state index in [9.17, 15) is 4.79 Å². The number of aryl methyl sites for hydroxylation is 1. The van der Waals surface area contributed by atoms with E-state index in [1.807, 2.05) is 37.3 Å². The van der Waals surface area contributed by atoms with Crippen LogP contribution in [-0.4, -0.2) is 34.8 Å². The molecule has 1 unspecified atom stereocenters. The molecule has 8 nitrogen and oxygen atoms in total. The van der Waals surface area contributed by atoms with Gasteiger partial charge in [-0.3, -0.25) is 4.79 Å². The van der Waals surface area contributed by atoms with E-state index in [4.69, 9.17) is 24.0 Å². The summed E-state index contributed by atoms with van der Waals surface area (Å²) < 4.78 is 18.4. The van der Waals surface area contributed by atoms with E-state index < -0.39 is 6.04 Å². The summed E-state index contributed by atoms with van der Waals surface area (Å²) in [5.41, 5.74) is 2.41. The molecular formula is C22H22N4O4. The lowest BCUT2D eigenvalue weighted by Gasteiger charge is -2.30. The standard InChI is InChI=1S/C22H22N4O4/c1-12-7-9-17(30-12)20-19-14(5-4-6-15(19)27)23-22-24-21(25-26(20)22)13-8-10-16(28-2)18(11-13)29-3/h7-11,20H,4-6H2,1-3H3,(H,23,24,25). The van der Waals surface area contributed by atoms with Crippen molar-refractivity contribution in [3.05, 3.63) is 53.1 Å². The van der Waals surface area contributed by atoms with Crippen LogP contribution in [0.2, 0.25) is 0 Å². The molecule has 1 atom stereocenters. The molecule has 0 bridgehead atoms. The molecule has 0 spiro atoms. The van der Waals surface area contributed by atoms with Gasteiger partial charge in [-0.15, -0.1) is 5.10 Å². The van der Waals surface area contributed by atoms with E-state index in [-0.39, 0.29) is 5.78 Å². The number of methoxy groups -OCH3 is 2. The van der Waals surface area contributed by atoms with Crippen LogP contribution in [0, 0.1) is 6.92 Å². The summed E-state index contributed by atoms with van der Waals surface area (Å²) in [6.07, 6.45) is 2.16. The van der Waals surface area contributed by atoms with Gasteiger partial charge in [0, 0.05) is 23.3 Å². The molecule has 5 rings (SSSR count). The van der Waals surface area contributed by atoms with E-state index in [0.29, 0.717) is 41.0 Å². The summed E-state index contributed by atoms with van der Waals surface area (Å²) in [6.45, 7) is 1.89. The average molecular weight is 406 g/mol. The Bertz CT molecular complexity index is 1170. The smallest absolute Gasteiger partial charge is 0.227 e. The van der Waals surface area contributed by atoms with Gasteiger partial charge in [-0.05, 0) is 50.1 Å². The summed E-state index contributed by atoms with van der Waals surface area (Å²) in [7, 11) is 3.19. The van der Waals surface area contributed by atoms with Crippen molar-refractivity contribution in [3.63, 3.8) is 0 Å². The average Bonchev–Trinajstić information content (AvgIpc) is 3.38. The quantitative estimate of drug-likeness (QED) is 0.703. The molecule has 1 N–H and O–H groups in total. The number of ether oxygens (including phenoxy) is 2. The molecule has 2 aromatic heterocycles. The lowest BCUT2D eigenvalue weighted by molar-refractivity contribution is -0.116. The van der Waals surface area contributed by atoms with E-state index >= 15 is 0 Å². The Balaban J connectivity index is 1.63. The molecule has 0 fully saturated rings. The highest BCUT2D eigenvalue weighted by molar-refractivity contribution is 5.99. The summed E-state index contributed by atoms with van der Waals surface area (Å²) in [4.78, 5) is 17.5. The number of hydrogen-bond donors (Lipinski definition) is 1. The Hall–Kier alpha value is -3.55. The number of carbonyl (C=O) groups is 1. The first kappa shape index (κ1) is 18.5. The van der Waals surface area contributed by atoms with Gasteiger partial charge in [-0.1, -0.05) is 0 Å². The highest BCUT2D eigenvalue weighted by Crippen LogP contribution is 2.41. The van der Waals surface area contributed by atoms with Gasteiger partial charge in [0.2, 0.25) is 5.95 Å². The van der Waals surface area contributed by atoms with Crippen molar-refractivity contribution in [2.45, 2.75) is 32.2 Å². The summed E-state index contributed by atoms with van der Waals surface area (Å²) in [5, 5.41) is 8.07. The van der Waals surface area contributed by atoms with Crippen molar-refractivity contribution in [3.8, 4) is 22.9 Å². The number of anilines is 1. The van der Waals surface area contributed by atoms with E-state index in [0.717, 1.165) is 29.9 Å². The minimum atomic E-state index is -0.431. The predicted molar refractivity (Wildman–Crippen MR) is 110 cm³/mol. The summed E-state index contributed by atoms with van der Waals surface area (Å²) >= 11 is 0. The minimum absolute atomic E-state index is 0.122. The fourth-order valence-corrected chi connectivity index (χ4v) is 4.12. The number of carbonyl (C=O) groups excluding carboxylic acids is 1. The third-order valence-corrected chi connectivity index (χ3v) is 5.54. The monoisotopic (exact) mass is 406 g/mol. The molecule has 8 heteroatoms. The maximum absolute atomic E-state index is 12.8. The molecular weight excluding hydrogens is 384 g/mol. The van der Waals surface area contributed by atoms with Crippen LogP contribution < -0.4 is 14.8 Å². The lowest BCUT2D eigenvalue weighted by Crippen LogP contribution is -2.31. The van der Waals surface area contributed by atoms with Crippen LogP contribution in [0.5, 0.6) is 11.5 Å². The van der Waals surface area contributed by atoms with Crippen LogP contribution >= 0.6 is 0 Å². The number of hydrogen-bond acceptors (Lipinski definition) is 7. The number of benzene rings is 1. The first-order chi connectivity index (χ1) is 14.6. The third kappa shape index (κ3) is 2.87. The Morgan fingerprint density at radius 2 is 1.97 bits per heavy atom. The van der Waals surface area contributed by atoms with Crippen LogP contribution in [0.15, 0.2) is 46.0 Å². The second-order valence-electron chi connectivity index (χ2n) is 7.42. The van der Waals surface area contributed by atoms with Gasteiger partial charge in [0.25, 0.3) is 0 Å². The zero-order chi connectivity index (χ0) is 20.8. The maximum atomic E-state index is 12.8. The fraction of sp³-hybridized carbons (Fsp3) is 0.318. The van der Waals surface area contributed by atoms with Crippen molar-refractivity contribution < 1.29 is 18.7 Å². The molecule has 0 saturated carbocycles. The fourth-order valence-electron chi connectivity index (χ4n) is 4.12. The molecule has 3 aromatic rings. The number of aromatic nitrogens is 3. The predicted octanol–water partition coefficient (Wildman–Crippen LogP) is 3.89. The highest BCUT2D eigenvalue weighted by Gasteiger charge is 2.38. The first-order valence-electron chi connectivity index (χ1n) is 9.87. The van der Waals surface area contributed by atoms with Crippen molar-refractivity contribution in [1.29, 1.82) is 0 Å². The Kier molecular flexibility index (Phi) is 4.34. The molecule has 154 valence electrons. The number of nitrogens with zero attached hydrogens (tertiary/aromatic N) is 3. The van der Waals surface area contributed by atoms with Gasteiger partial charge in [-0.2, -0.15) is 4.98 Å². The molecule has 2 aliphatic rings. The topological polar surface area (TPSA) is 91.4 Å². The van der Waals surface area contributed by atoms with Crippen LogP contribution in [0.25, 0.3) is 11.4 Å². The molecule has 0 amide bonds. The van der Waals surface area contributed by atoms with Gasteiger partial charge in [-0.25, -0.2) is 4.68 Å². The number of nitrogens with one attached hydrogen (secondary N) is 1. The normalized spacial score (nSPS) is 18.0. The second-order valence-corrected chi connectivity index (χ2v) is 7.42. The first-order valence-corrected chi connectivity index (χ1v) is 9.87. The number of Topliss-reactive ketones (excluding diaryl/α,β-unsaturated/α-hetero) is 1.